The van der Waals surface area contributed by atoms with Crippen LogP contribution < -0.4 is 4.90 Å². The van der Waals surface area contributed by atoms with E-state index in [0.29, 0.717) is 0 Å². The average Bonchev–Trinajstić information content (AvgIpc) is 3.36. The highest BCUT2D eigenvalue weighted by Gasteiger charge is 2.26. The number of hydrogen-bond acceptors (Lipinski definition) is 7. The van der Waals surface area contributed by atoms with Crippen molar-refractivity contribution in [3.8, 4) is 0 Å². The summed E-state index contributed by atoms with van der Waals surface area (Å²) in [7, 11) is 2.20. The molecule has 154 valence electrons. The largest absolute Gasteiger partial charge is 0.353 e. The quantitative estimate of drug-likeness (QED) is 0.440. The molecule has 1 aliphatic carbocycles. The van der Waals surface area contributed by atoms with Crippen LogP contribution in [0.15, 0.2) is 5.16 Å². The molecule has 0 N–H and O–H groups in total. The summed E-state index contributed by atoms with van der Waals surface area (Å²) in [5.41, 5.74) is 5.54. The topological polar surface area (TPSA) is 45.2 Å². The highest BCUT2D eigenvalue weighted by Crippen LogP contribution is 2.43. The van der Waals surface area contributed by atoms with Crippen molar-refractivity contribution in [1.82, 2.24) is 19.9 Å². The molecule has 0 spiro atoms. The van der Waals surface area contributed by atoms with Crippen molar-refractivity contribution in [3.05, 3.63) is 16.8 Å². The number of thiophene rings is 1. The summed E-state index contributed by atoms with van der Waals surface area (Å²) >= 11 is 3.46. The van der Waals surface area contributed by atoms with E-state index >= 15 is 0 Å². The molecule has 0 aromatic carbocycles. The van der Waals surface area contributed by atoms with Crippen LogP contribution in [-0.4, -0.2) is 59.3 Å². The monoisotopic (exact) mass is 427 g/mol. The molecular formula is C22H29N5S2. The first-order valence-corrected chi connectivity index (χ1v) is 12.9. The third kappa shape index (κ3) is 3.41. The fourth-order valence-electron chi connectivity index (χ4n) is 4.68. The van der Waals surface area contributed by atoms with Gasteiger partial charge in [0.25, 0.3) is 0 Å². The smallest absolute Gasteiger partial charge is 0.189 e. The molecule has 5 nitrogen and oxygen atoms in total. The zero-order valence-electron chi connectivity index (χ0n) is 17.6. The van der Waals surface area contributed by atoms with Gasteiger partial charge in [0.15, 0.2) is 11.0 Å². The minimum absolute atomic E-state index is 0.882. The van der Waals surface area contributed by atoms with Crippen LogP contribution in [-0.2, 0) is 19.3 Å². The van der Waals surface area contributed by atoms with Crippen LogP contribution in [0.1, 0.15) is 43.0 Å². The Balaban J connectivity index is 1.72. The molecule has 2 aliphatic rings. The van der Waals surface area contributed by atoms with Crippen molar-refractivity contribution in [2.75, 3.05) is 44.4 Å². The van der Waals surface area contributed by atoms with Crippen molar-refractivity contribution in [3.63, 3.8) is 0 Å². The number of unbranched alkanes of at least 4 members (excludes halogenated alkanes) is 1. The molecule has 0 amide bonds. The van der Waals surface area contributed by atoms with Crippen molar-refractivity contribution in [2.45, 2.75) is 50.6 Å². The van der Waals surface area contributed by atoms with Crippen LogP contribution in [0.25, 0.3) is 20.4 Å². The van der Waals surface area contributed by atoms with E-state index in [9.17, 15) is 0 Å². The van der Waals surface area contributed by atoms with Crippen LogP contribution in [0.2, 0.25) is 0 Å². The first-order valence-electron chi connectivity index (χ1n) is 10.8. The van der Waals surface area contributed by atoms with Gasteiger partial charge in [-0.1, -0.05) is 25.1 Å². The molecule has 3 aromatic heterocycles. The second-order valence-electron chi connectivity index (χ2n) is 8.26. The van der Waals surface area contributed by atoms with Crippen LogP contribution in [0.3, 0.4) is 0 Å². The number of likely N-dealkylation sites (N-methyl/N-ethyl adjacent to an activating group) is 1. The summed E-state index contributed by atoms with van der Waals surface area (Å²) in [4.78, 5) is 21.2. The maximum atomic E-state index is 5.19. The highest BCUT2D eigenvalue weighted by atomic mass is 32.2. The number of pyridine rings is 1. The standard InChI is InChI=1S/C22H29N5S2/c1-4-5-9-16-14-7-6-8-15(14)17-18-19(29-21(17)23-16)20(25-22(24-18)28-3)27-12-10-26(2)11-13-27/h4-13H2,1-3H3. The zero-order chi connectivity index (χ0) is 20.0. The Kier molecular flexibility index (Phi) is 5.39. The van der Waals surface area contributed by atoms with Gasteiger partial charge in [-0.2, -0.15) is 0 Å². The van der Waals surface area contributed by atoms with Gasteiger partial charge in [0.2, 0.25) is 0 Å². The lowest BCUT2D eigenvalue weighted by molar-refractivity contribution is 0.312. The Morgan fingerprint density at radius 1 is 1.03 bits per heavy atom. The number of aryl methyl sites for hydroxylation is 2. The van der Waals surface area contributed by atoms with Crippen LogP contribution >= 0.6 is 23.1 Å². The number of fused-ring (bicyclic) bond motifs is 5. The molecule has 0 saturated carbocycles. The SMILES string of the molecule is CCCCc1nc2sc3c(N4CCN(C)CC4)nc(SC)nc3c2c2c1CCC2. The Hall–Kier alpha value is -1.44. The first kappa shape index (κ1) is 19.5. The lowest BCUT2D eigenvalue weighted by Crippen LogP contribution is -2.44. The lowest BCUT2D eigenvalue weighted by Gasteiger charge is -2.33. The number of anilines is 1. The molecule has 29 heavy (non-hydrogen) atoms. The predicted molar refractivity (Wildman–Crippen MR) is 125 cm³/mol. The minimum atomic E-state index is 0.882. The van der Waals surface area contributed by atoms with Gasteiger partial charge in [-0.05, 0) is 56.5 Å². The maximum Gasteiger partial charge on any atom is 0.189 e. The van der Waals surface area contributed by atoms with Gasteiger partial charge in [0, 0.05) is 37.3 Å². The van der Waals surface area contributed by atoms with Crippen molar-refractivity contribution in [1.29, 1.82) is 0 Å². The van der Waals surface area contributed by atoms with Gasteiger partial charge >= 0.3 is 0 Å². The fourth-order valence-corrected chi connectivity index (χ4v) is 6.23. The van der Waals surface area contributed by atoms with Gasteiger partial charge in [0.1, 0.15) is 4.83 Å². The van der Waals surface area contributed by atoms with Gasteiger partial charge in [0.05, 0.1) is 10.2 Å². The summed E-state index contributed by atoms with van der Waals surface area (Å²) < 4.78 is 1.23. The molecule has 0 unspecified atom stereocenters. The molecule has 0 atom stereocenters. The van der Waals surface area contributed by atoms with Crippen LogP contribution in [0.4, 0.5) is 5.82 Å². The van der Waals surface area contributed by atoms with Crippen LogP contribution in [0, 0.1) is 0 Å². The number of thioether (sulfide) groups is 1. The predicted octanol–water partition coefficient (Wildman–Crippen LogP) is 4.54. The van der Waals surface area contributed by atoms with Crippen molar-refractivity contribution >= 4 is 49.3 Å². The lowest BCUT2D eigenvalue weighted by atomic mass is 10.0. The number of rotatable bonds is 5. The van der Waals surface area contributed by atoms with E-state index < -0.39 is 0 Å². The minimum Gasteiger partial charge on any atom is -0.353 e. The number of hydrogen-bond donors (Lipinski definition) is 0. The summed E-state index contributed by atoms with van der Waals surface area (Å²) in [6, 6.07) is 0. The van der Waals surface area contributed by atoms with Gasteiger partial charge in [-0.3, -0.25) is 0 Å². The molecule has 1 fully saturated rings. The Morgan fingerprint density at radius 3 is 2.59 bits per heavy atom. The van der Waals surface area contributed by atoms with Gasteiger partial charge in [-0.15, -0.1) is 11.3 Å². The second-order valence-corrected chi connectivity index (χ2v) is 10.0. The zero-order valence-corrected chi connectivity index (χ0v) is 19.3. The molecule has 0 bridgehead atoms. The highest BCUT2D eigenvalue weighted by molar-refractivity contribution is 7.98. The molecule has 7 heteroatoms. The molecule has 5 rings (SSSR count). The van der Waals surface area contributed by atoms with E-state index in [1.54, 1.807) is 11.8 Å². The molecule has 0 radical (unpaired) electrons. The first-order chi connectivity index (χ1) is 14.2. The Labute approximate surface area is 180 Å². The van der Waals surface area contributed by atoms with Crippen molar-refractivity contribution < 1.29 is 0 Å². The third-order valence-corrected chi connectivity index (χ3v) is 7.95. The summed E-state index contributed by atoms with van der Waals surface area (Å²) in [5.74, 6) is 1.12. The molecule has 3 aromatic rings. The van der Waals surface area contributed by atoms with E-state index in [-0.39, 0.29) is 0 Å². The van der Waals surface area contributed by atoms with Crippen LogP contribution in [0.5, 0.6) is 0 Å². The third-order valence-electron chi connectivity index (χ3n) is 6.33. The van der Waals surface area contributed by atoms with Crippen molar-refractivity contribution in [2.24, 2.45) is 0 Å². The van der Waals surface area contributed by atoms with Gasteiger partial charge in [-0.25, -0.2) is 15.0 Å². The Morgan fingerprint density at radius 2 is 1.83 bits per heavy atom. The van der Waals surface area contributed by atoms with Gasteiger partial charge < -0.3 is 9.80 Å². The van der Waals surface area contributed by atoms with E-state index in [0.717, 1.165) is 49.1 Å². The molecule has 1 saturated heterocycles. The maximum absolute atomic E-state index is 5.19. The van der Waals surface area contributed by atoms with E-state index in [1.165, 1.54) is 63.8 Å². The average molecular weight is 428 g/mol. The Bertz CT molecular complexity index is 1050. The molecule has 1 aliphatic heterocycles. The summed E-state index contributed by atoms with van der Waals surface area (Å²) in [5, 5.41) is 2.21. The normalized spacial score (nSPS) is 17.6. The number of aromatic nitrogens is 3. The fraction of sp³-hybridized carbons (Fsp3) is 0.591. The molecular weight excluding hydrogens is 398 g/mol. The molecule has 4 heterocycles. The van der Waals surface area contributed by atoms with E-state index in [4.69, 9.17) is 15.0 Å². The summed E-state index contributed by atoms with van der Waals surface area (Å²) in [6.07, 6.45) is 9.22. The number of nitrogens with zero attached hydrogens (tertiary/aromatic N) is 5. The number of piperazine rings is 1. The summed E-state index contributed by atoms with van der Waals surface area (Å²) in [6.45, 7) is 6.48. The van der Waals surface area contributed by atoms with E-state index in [1.807, 2.05) is 11.3 Å². The second kappa shape index (κ2) is 8.00. The van der Waals surface area contributed by atoms with E-state index in [2.05, 4.69) is 30.0 Å².